The number of aromatic nitrogens is 3. The second-order valence-electron chi connectivity index (χ2n) is 6.12. The monoisotopic (exact) mass is 350 g/mol. The Morgan fingerprint density at radius 2 is 2.04 bits per heavy atom. The van der Waals surface area contributed by atoms with Crippen molar-refractivity contribution in [3.63, 3.8) is 0 Å². The quantitative estimate of drug-likeness (QED) is 0.710. The molecule has 3 aromatic rings. The van der Waals surface area contributed by atoms with Gasteiger partial charge >= 0.3 is 0 Å². The second-order valence-corrected chi connectivity index (χ2v) is 6.12. The van der Waals surface area contributed by atoms with Crippen LogP contribution in [0.3, 0.4) is 0 Å². The number of fused-ring (bicyclic) bond motifs is 1. The Bertz CT molecular complexity index is 1080. The normalized spacial score (nSPS) is 19.5. The highest BCUT2D eigenvalue weighted by Gasteiger charge is 2.36. The second kappa shape index (κ2) is 6.08. The molecule has 2 aromatic heterocycles. The number of hydrogen-bond donors (Lipinski definition) is 0. The molecule has 0 unspecified atom stereocenters. The number of nitriles is 2. The van der Waals surface area contributed by atoms with Crippen LogP contribution in [0, 0.1) is 40.2 Å². The molecule has 1 fully saturated rings. The van der Waals surface area contributed by atoms with E-state index in [4.69, 9.17) is 5.26 Å². The molecular weight excluding hydrogens is 338 g/mol. The molecule has 1 saturated heterocycles. The summed E-state index contributed by atoms with van der Waals surface area (Å²) in [5.74, 6) is -0.905. The van der Waals surface area contributed by atoms with Crippen LogP contribution >= 0.6 is 0 Å². The zero-order chi connectivity index (χ0) is 18.3. The molecular formula is C18H12F2N6. The summed E-state index contributed by atoms with van der Waals surface area (Å²) >= 11 is 0. The van der Waals surface area contributed by atoms with Crippen molar-refractivity contribution in [1.29, 1.82) is 10.5 Å². The number of nitrogens with zero attached hydrogens (tertiary/aromatic N) is 6. The van der Waals surface area contributed by atoms with Crippen molar-refractivity contribution in [3.8, 4) is 12.1 Å². The first-order chi connectivity index (χ1) is 12.6. The molecule has 0 saturated carbocycles. The lowest BCUT2D eigenvalue weighted by atomic mass is 10.00. The number of halogens is 2. The third kappa shape index (κ3) is 2.52. The van der Waals surface area contributed by atoms with Gasteiger partial charge < -0.3 is 4.90 Å². The molecule has 0 N–H and O–H groups in total. The van der Waals surface area contributed by atoms with Gasteiger partial charge in [-0.05, 0) is 30.7 Å². The van der Waals surface area contributed by atoms with E-state index in [2.05, 4.69) is 16.2 Å². The molecule has 2 atom stereocenters. The van der Waals surface area contributed by atoms with Crippen molar-refractivity contribution >= 4 is 11.5 Å². The Kier molecular flexibility index (Phi) is 3.74. The fourth-order valence-electron chi connectivity index (χ4n) is 3.35. The van der Waals surface area contributed by atoms with Gasteiger partial charge in [0.15, 0.2) is 5.65 Å². The van der Waals surface area contributed by atoms with Gasteiger partial charge in [0, 0.05) is 18.3 Å². The highest BCUT2D eigenvalue weighted by molar-refractivity contribution is 5.58. The van der Waals surface area contributed by atoms with E-state index in [0.717, 1.165) is 18.2 Å². The third-order valence-electron chi connectivity index (χ3n) is 4.57. The number of hydrogen-bond acceptors (Lipinski definition) is 5. The van der Waals surface area contributed by atoms with Crippen LogP contribution in [0.15, 0.2) is 36.7 Å². The van der Waals surface area contributed by atoms with Crippen LogP contribution in [-0.2, 0) is 0 Å². The van der Waals surface area contributed by atoms with Crippen LogP contribution in [0.4, 0.5) is 14.6 Å². The first kappa shape index (κ1) is 16.0. The van der Waals surface area contributed by atoms with Crippen molar-refractivity contribution in [2.24, 2.45) is 5.92 Å². The minimum absolute atomic E-state index is 0.193. The lowest BCUT2D eigenvalue weighted by molar-refractivity contribution is 0.556. The van der Waals surface area contributed by atoms with E-state index >= 15 is 0 Å². The lowest BCUT2D eigenvalue weighted by Crippen LogP contribution is -2.25. The zero-order valence-electron chi connectivity index (χ0n) is 13.5. The molecule has 0 spiro atoms. The van der Waals surface area contributed by atoms with Crippen molar-refractivity contribution in [2.45, 2.75) is 12.5 Å². The average molecular weight is 350 g/mol. The van der Waals surface area contributed by atoms with Crippen LogP contribution in [0.5, 0.6) is 0 Å². The predicted octanol–water partition coefficient (Wildman–Crippen LogP) is 2.97. The van der Waals surface area contributed by atoms with Gasteiger partial charge in [-0.15, -0.1) is 0 Å². The summed E-state index contributed by atoms with van der Waals surface area (Å²) in [6.07, 6.45) is 3.43. The zero-order valence-corrected chi connectivity index (χ0v) is 13.5. The molecule has 1 aliphatic rings. The van der Waals surface area contributed by atoms with Gasteiger partial charge in [-0.2, -0.15) is 15.6 Å². The minimum Gasteiger partial charge on any atom is -0.348 e. The first-order valence-corrected chi connectivity index (χ1v) is 7.96. The van der Waals surface area contributed by atoms with Crippen LogP contribution in [0.2, 0.25) is 0 Å². The van der Waals surface area contributed by atoms with Crippen molar-refractivity contribution in [3.05, 3.63) is 59.4 Å². The van der Waals surface area contributed by atoms with Gasteiger partial charge in [-0.1, -0.05) is 0 Å². The van der Waals surface area contributed by atoms with Crippen LogP contribution in [0.1, 0.15) is 23.6 Å². The summed E-state index contributed by atoms with van der Waals surface area (Å²) in [5, 5.41) is 22.5. The minimum atomic E-state index is -0.535. The van der Waals surface area contributed by atoms with Crippen LogP contribution in [-0.4, -0.2) is 21.1 Å². The highest BCUT2D eigenvalue weighted by atomic mass is 19.1. The molecule has 0 amide bonds. The number of rotatable bonds is 2. The summed E-state index contributed by atoms with van der Waals surface area (Å²) in [4.78, 5) is 6.24. The summed E-state index contributed by atoms with van der Waals surface area (Å²) in [5.41, 5.74) is 0.888. The van der Waals surface area contributed by atoms with Gasteiger partial charge in [0.05, 0.1) is 24.2 Å². The Balaban J connectivity index is 1.81. The molecule has 6 nitrogen and oxygen atoms in total. The third-order valence-corrected chi connectivity index (χ3v) is 4.57. The maximum atomic E-state index is 14.3. The highest BCUT2D eigenvalue weighted by Crippen LogP contribution is 2.39. The van der Waals surface area contributed by atoms with E-state index in [1.807, 2.05) is 6.07 Å². The van der Waals surface area contributed by atoms with E-state index in [1.165, 1.54) is 10.7 Å². The van der Waals surface area contributed by atoms with E-state index in [1.54, 1.807) is 17.2 Å². The van der Waals surface area contributed by atoms with Crippen molar-refractivity contribution in [1.82, 2.24) is 14.6 Å². The smallest absolute Gasteiger partial charge is 0.175 e. The fraction of sp³-hybridized carbons (Fsp3) is 0.222. The molecule has 1 aromatic carbocycles. The summed E-state index contributed by atoms with van der Waals surface area (Å²) in [7, 11) is 0. The summed E-state index contributed by atoms with van der Waals surface area (Å²) in [6.45, 7) is 0.344. The Morgan fingerprint density at radius 3 is 2.81 bits per heavy atom. The molecule has 0 aliphatic carbocycles. The SMILES string of the molecule is N#Cc1cnn2ccc(N3C[C@@H](C#N)C[C@@H]3c3cc(F)ccc3F)nc12. The Labute approximate surface area is 147 Å². The van der Waals surface area contributed by atoms with Crippen LogP contribution in [0.25, 0.3) is 5.65 Å². The number of benzene rings is 1. The largest absolute Gasteiger partial charge is 0.348 e. The molecule has 1 aliphatic heterocycles. The molecule has 26 heavy (non-hydrogen) atoms. The maximum Gasteiger partial charge on any atom is 0.175 e. The van der Waals surface area contributed by atoms with E-state index in [9.17, 15) is 14.0 Å². The maximum absolute atomic E-state index is 14.3. The van der Waals surface area contributed by atoms with E-state index in [0.29, 0.717) is 30.0 Å². The van der Waals surface area contributed by atoms with E-state index in [-0.39, 0.29) is 11.5 Å². The summed E-state index contributed by atoms with van der Waals surface area (Å²) < 4.78 is 29.4. The molecule has 8 heteroatoms. The van der Waals surface area contributed by atoms with Gasteiger partial charge in [0.25, 0.3) is 0 Å². The first-order valence-electron chi connectivity index (χ1n) is 7.96. The van der Waals surface area contributed by atoms with E-state index < -0.39 is 17.7 Å². The lowest BCUT2D eigenvalue weighted by Gasteiger charge is -2.26. The summed E-state index contributed by atoms with van der Waals surface area (Å²) in [6, 6.07) is 8.70. The Morgan fingerprint density at radius 1 is 1.19 bits per heavy atom. The molecule has 3 heterocycles. The topological polar surface area (TPSA) is 81.0 Å². The fourth-order valence-corrected chi connectivity index (χ4v) is 3.35. The molecule has 0 radical (unpaired) electrons. The van der Waals surface area contributed by atoms with Gasteiger partial charge in [0.2, 0.25) is 0 Å². The van der Waals surface area contributed by atoms with Gasteiger partial charge in [-0.3, -0.25) is 0 Å². The van der Waals surface area contributed by atoms with Gasteiger partial charge in [-0.25, -0.2) is 18.3 Å². The molecule has 4 rings (SSSR count). The van der Waals surface area contributed by atoms with Crippen molar-refractivity contribution in [2.75, 3.05) is 11.4 Å². The average Bonchev–Trinajstić information content (AvgIpc) is 3.26. The molecule has 0 bridgehead atoms. The standard InChI is InChI=1S/C18H12F2N6/c19-13-1-2-15(20)14(6-13)16-5-11(7-21)10-25(16)17-3-4-26-18(24-17)12(8-22)9-23-26/h1-4,6,9,11,16H,5,10H2/t11-,16-/m1/s1. The predicted molar refractivity (Wildman–Crippen MR) is 87.9 cm³/mol. The number of anilines is 1. The van der Waals surface area contributed by atoms with Crippen LogP contribution < -0.4 is 4.90 Å². The Hall–Kier alpha value is -3.52. The molecule has 128 valence electrons. The van der Waals surface area contributed by atoms with Crippen molar-refractivity contribution < 1.29 is 8.78 Å². The van der Waals surface area contributed by atoms with Gasteiger partial charge in [0.1, 0.15) is 29.1 Å².